The van der Waals surface area contributed by atoms with Crippen molar-refractivity contribution in [2.45, 2.75) is 50.7 Å². The number of carbonyl (C=O) groups is 1. The second-order valence-electron chi connectivity index (χ2n) is 7.62. The molecule has 2 heterocycles. The first-order chi connectivity index (χ1) is 13.7. The van der Waals surface area contributed by atoms with E-state index in [-0.39, 0.29) is 12.1 Å². The third kappa shape index (κ3) is 3.55. The monoisotopic (exact) mass is 383 g/mol. The smallest absolute Gasteiger partial charge is 0.318 e. The van der Waals surface area contributed by atoms with Crippen molar-refractivity contribution in [3.05, 3.63) is 47.8 Å². The van der Waals surface area contributed by atoms with E-state index in [4.69, 9.17) is 9.47 Å². The number of nitrogens with zero attached hydrogens (tertiary/aromatic N) is 2. The molecule has 1 saturated carbocycles. The summed E-state index contributed by atoms with van der Waals surface area (Å²) in [6.45, 7) is 1.49. The Morgan fingerprint density at radius 2 is 1.82 bits per heavy atom. The number of benzene rings is 1. The predicted molar refractivity (Wildman–Crippen MR) is 108 cm³/mol. The first-order valence-electron chi connectivity index (χ1n) is 10.2. The van der Waals surface area contributed by atoms with Gasteiger partial charge in [0.25, 0.3) is 0 Å². The zero-order valence-electron chi connectivity index (χ0n) is 16.7. The molecule has 1 aliphatic heterocycles. The summed E-state index contributed by atoms with van der Waals surface area (Å²) in [7, 11) is 3.27. The number of hydrogen-bond donors (Lipinski definition) is 1. The van der Waals surface area contributed by atoms with E-state index in [0.29, 0.717) is 24.1 Å². The van der Waals surface area contributed by atoms with Crippen molar-refractivity contribution in [1.82, 2.24) is 14.8 Å². The Morgan fingerprint density at radius 1 is 1.04 bits per heavy atom. The number of fused-ring (bicyclic) bond motifs is 1. The zero-order chi connectivity index (χ0) is 19.5. The van der Waals surface area contributed by atoms with E-state index in [2.05, 4.69) is 22.1 Å². The molecule has 2 aromatic rings. The number of amides is 2. The van der Waals surface area contributed by atoms with Crippen LogP contribution in [-0.2, 0) is 6.54 Å². The molecule has 1 fully saturated rings. The predicted octanol–water partition coefficient (Wildman–Crippen LogP) is 3.95. The molecule has 2 amide bonds. The minimum atomic E-state index is -0.146. The minimum Gasteiger partial charge on any atom is -0.493 e. The van der Waals surface area contributed by atoms with Crippen LogP contribution in [0.1, 0.15) is 49.4 Å². The Bertz CT molecular complexity index is 826. The number of methoxy groups -OCH3 is 2. The first-order valence-corrected chi connectivity index (χ1v) is 10.2. The highest BCUT2D eigenvalue weighted by molar-refractivity contribution is 5.76. The average molecular weight is 383 g/mol. The minimum absolute atomic E-state index is 0.0270. The van der Waals surface area contributed by atoms with E-state index in [1.165, 1.54) is 19.3 Å². The fourth-order valence-electron chi connectivity index (χ4n) is 4.48. The van der Waals surface area contributed by atoms with Crippen LogP contribution in [0.5, 0.6) is 11.5 Å². The topological polar surface area (TPSA) is 55.7 Å². The molecule has 1 atom stereocenters. The molecule has 2 aliphatic rings. The molecule has 6 nitrogen and oxygen atoms in total. The normalized spacial score (nSPS) is 19.8. The number of ether oxygens (including phenoxy) is 2. The molecule has 0 radical (unpaired) electrons. The Kier molecular flexibility index (Phi) is 5.46. The maximum Gasteiger partial charge on any atom is 0.318 e. The second-order valence-corrected chi connectivity index (χ2v) is 7.62. The van der Waals surface area contributed by atoms with E-state index in [1.54, 1.807) is 14.2 Å². The fraction of sp³-hybridized carbons (Fsp3) is 0.500. The van der Waals surface area contributed by atoms with Crippen molar-refractivity contribution in [3.63, 3.8) is 0 Å². The van der Waals surface area contributed by atoms with Crippen LogP contribution in [0, 0.1) is 0 Å². The maximum absolute atomic E-state index is 13.2. The standard InChI is InChI=1S/C22H29N3O3/c1-27-19-11-10-16(15-20(19)28-2)21-18-9-6-12-24(18)13-14-25(21)22(26)23-17-7-4-3-5-8-17/h6,9-12,15,17,21H,3-5,7-8,13-14H2,1-2H3,(H,23,26)/t21-/m0/s1. The van der Waals surface area contributed by atoms with Crippen LogP contribution in [0.25, 0.3) is 0 Å². The largest absolute Gasteiger partial charge is 0.493 e. The molecule has 1 aromatic carbocycles. The third-order valence-corrected chi connectivity index (χ3v) is 5.96. The van der Waals surface area contributed by atoms with Gasteiger partial charge in [-0.25, -0.2) is 4.79 Å². The van der Waals surface area contributed by atoms with Gasteiger partial charge in [0.05, 0.1) is 20.3 Å². The van der Waals surface area contributed by atoms with Crippen LogP contribution >= 0.6 is 0 Å². The number of urea groups is 1. The van der Waals surface area contributed by atoms with Crippen molar-refractivity contribution in [2.75, 3.05) is 20.8 Å². The van der Waals surface area contributed by atoms with Crippen molar-refractivity contribution < 1.29 is 14.3 Å². The molecular weight excluding hydrogens is 354 g/mol. The lowest BCUT2D eigenvalue weighted by Crippen LogP contribution is -2.50. The summed E-state index contributed by atoms with van der Waals surface area (Å²) in [5.41, 5.74) is 2.15. The van der Waals surface area contributed by atoms with Gasteiger partial charge in [0.15, 0.2) is 11.5 Å². The van der Waals surface area contributed by atoms with Crippen LogP contribution in [0.3, 0.4) is 0 Å². The highest BCUT2D eigenvalue weighted by atomic mass is 16.5. The molecule has 1 N–H and O–H groups in total. The maximum atomic E-state index is 13.2. The Balaban J connectivity index is 1.65. The second kappa shape index (κ2) is 8.17. The number of aromatic nitrogens is 1. The van der Waals surface area contributed by atoms with Gasteiger partial charge in [-0.2, -0.15) is 0 Å². The number of carbonyl (C=O) groups excluding carboxylic acids is 1. The number of rotatable bonds is 4. The van der Waals surface area contributed by atoms with Crippen LogP contribution in [-0.4, -0.2) is 42.3 Å². The Labute approximate surface area is 166 Å². The van der Waals surface area contributed by atoms with Gasteiger partial charge < -0.3 is 24.3 Å². The van der Waals surface area contributed by atoms with Crippen LogP contribution in [0.4, 0.5) is 4.79 Å². The van der Waals surface area contributed by atoms with Gasteiger partial charge in [0.1, 0.15) is 0 Å². The van der Waals surface area contributed by atoms with E-state index in [1.807, 2.05) is 29.2 Å². The van der Waals surface area contributed by atoms with Gasteiger partial charge in [0.2, 0.25) is 0 Å². The number of nitrogens with one attached hydrogen (secondary N) is 1. The van der Waals surface area contributed by atoms with Crippen molar-refractivity contribution in [2.24, 2.45) is 0 Å². The van der Waals surface area contributed by atoms with Gasteiger partial charge in [-0.15, -0.1) is 0 Å². The lowest BCUT2D eigenvalue weighted by molar-refractivity contribution is 0.162. The van der Waals surface area contributed by atoms with Crippen LogP contribution in [0.15, 0.2) is 36.5 Å². The van der Waals surface area contributed by atoms with Gasteiger partial charge in [-0.05, 0) is 42.7 Å². The van der Waals surface area contributed by atoms with Gasteiger partial charge in [-0.1, -0.05) is 25.3 Å². The first kappa shape index (κ1) is 18.7. The lowest BCUT2D eigenvalue weighted by atomic mass is 9.95. The van der Waals surface area contributed by atoms with E-state index in [9.17, 15) is 4.79 Å². The molecule has 0 bridgehead atoms. The molecule has 0 spiro atoms. The summed E-state index contributed by atoms with van der Waals surface area (Å²) in [5.74, 6) is 1.37. The molecule has 1 aromatic heterocycles. The molecule has 150 valence electrons. The van der Waals surface area contributed by atoms with E-state index in [0.717, 1.165) is 30.6 Å². The molecule has 1 aliphatic carbocycles. The summed E-state index contributed by atoms with van der Waals surface area (Å²) in [6, 6.07) is 10.2. The van der Waals surface area contributed by atoms with E-state index < -0.39 is 0 Å². The Morgan fingerprint density at radius 3 is 2.57 bits per heavy atom. The molecule has 4 rings (SSSR count). The molecule has 0 saturated heterocycles. The van der Waals surface area contributed by atoms with Gasteiger partial charge >= 0.3 is 6.03 Å². The fourth-order valence-corrected chi connectivity index (χ4v) is 4.48. The average Bonchev–Trinajstić information content (AvgIpc) is 3.22. The van der Waals surface area contributed by atoms with Crippen LogP contribution in [0.2, 0.25) is 0 Å². The van der Waals surface area contributed by atoms with Gasteiger partial charge in [0, 0.05) is 31.0 Å². The highest BCUT2D eigenvalue weighted by Crippen LogP contribution is 2.37. The quantitative estimate of drug-likeness (QED) is 0.870. The Hall–Kier alpha value is -2.63. The lowest BCUT2D eigenvalue weighted by Gasteiger charge is -2.38. The summed E-state index contributed by atoms with van der Waals surface area (Å²) in [4.78, 5) is 15.2. The summed E-state index contributed by atoms with van der Waals surface area (Å²) in [5, 5.41) is 3.28. The molecule has 6 heteroatoms. The molecular formula is C22H29N3O3. The molecule has 0 unspecified atom stereocenters. The summed E-state index contributed by atoms with van der Waals surface area (Å²) >= 11 is 0. The van der Waals surface area contributed by atoms with Gasteiger partial charge in [-0.3, -0.25) is 0 Å². The van der Waals surface area contributed by atoms with E-state index >= 15 is 0 Å². The SMILES string of the molecule is COc1ccc([C@H]2c3cccn3CCN2C(=O)NC2CCCCC2)cc1OC. The number of hydrogen-bond acceptors (Lipinski definition) is 3. The zero-order valence-corrected chi connectivity index (χ0v) is 16.7. The van der Waals surface area contributed by atoms with Crippen molar-refractivity contribution in [3.8, 4) is 11.5 Å². The third-order valence-electron chi connectivity index (χ3n) is 5.96. The van der Waals surface area contributed by atoms with Crippen LogP contribution < -0.4 is 14.8 Å². The highest BCUT2D eigenvalue weighted by Gasteiger charge is 2.33. The summed E-state index contributed by atoms with van der Waals surface area (Å²) in [6.07, 6.45) is 7.92. The van der Waals surface area contributed by atoms with Crippen molar-refractivity contribution in [1.29, 1.82) is 0 Å². The summed E-state index contributed by atoms with van der Waals surface area (Å²) < 4.78 is 13.1. The van der Waals surface area contributed by atoms with Crippen molar-refractivity contribution >= 4 is 6.03 Å². The molecule has 28 heavy (non-hydrogen) atoms.